The number of ether oxygens (including phenoxy) is 3. The number of esters is 2. The summed E-state index contributed by atoms with van der Waals surface area (Å²) in [5.41, 5.74) is 2.52. The molecule has 190 valence electrons. The van der Waals surface area contributed by atoms with Crippen LogP contribution in [0.4, 0.5) is 0 Å². The third kappa shape index (κ3) is 6.04. The van der Waals surface area contributed by atoms with E-state index in [4.69, 9.17) is 25.8 Å². The van der Waals surface area contributed by atoms with E-state index in [1.807, 2.05) is 48.5 Å². The Morgan fingerprint density at radius 1 is 1.05 bits per heavy atom. The molecule has 1 heterocycles. The fourth-order valence-corrected chi connectivity index (χ4v) is 5.16. The summed E-state index contributed by atoms with van der Waals surface area (Å²) in [6, 6.07) is 24.1. The number of benzene rings is 3. The quantitative estimate of drug-likeness (QED) is 0.314. The monoisotopic (exact) mass is 518 g/mol. The molecule has 5 atom stereocenters. The lowest BCUT2D eigenvalue weighted by Crippen LogP contribution is -2.25. The van der Waals surface area contributed by atoms with Crippen molar-refractivity contribution in [3.05, 3.63) is 102 Å². The van der Waals surface area contributed by atoms with Gasteiger partial charge in [-0.3, -0.25) is 4.79 Å². The van der Waals surface area contributed by atoms with E-state index in [2.05, 4.69) is 0 Å². The Balaban J connectivity index is 1.24. The molecule has 0 unspecified atom stereocenters. The molecular formula is C30H27ClO6. The van der Waals surface area contributed by atoms with Crippen molar-refractivity contribution in [3.8, 4) is 16.9 Å². The van der Waals surface area contributed by atoms with Crippen molar-refractivity contribution >= 4 is 23.5 Å². The first-order chi connectivity index (χ1) is 18.0. The van der Waals surface area contributed by atoms with Gasteiger partial charge in [0.15, 0.2) is 0 Å². The molecule has 0 bridgehead atoms. The number of fused-ring (bicyclic) bond motifs is 1. The molecule has 0 amide bonds. The maximum absolute atomic E-state index is 13.0. The molecule has 5 rings (SSSR count). The summed E-state index contributed by atoms with van der Waals surface area (Å²) in [5.74, 6) is -0.493. The van der Waals surface area contributed by atoms with Gasteiger partial charge in [0, 0.05) is 23.3 Å². The van der Waals surface area contributed by atoms with Crippen molar-refractivity contribution in [2.45, 2.75) is 31.2 Å². The summed E-state index contributed by atoms with van der Waals surface area (Å²) >= 11 is 5.97. The molecule has 2 fully saturated rings. The van der Waals surface area contributed by atoms with Crippen LogP contribution in [-0.2, 0) is 14.3 Å². The van der Waals surface area contributed by atoms with Gasteiger partial charge in [-0.15, -0.1) is 0 Å². The molecule has 1 saturated carbocycles. The third-order valence-electron chi connectivity index (χ3n) is 6.81. The second-order valence-electron chi connectivity index (χ2n) is 9.32. The Morgan fingerprint density at radius 3 is 2.57 bits per heavy atom. The van der Waals surface area contributed by atoms with Crippen LogP contribution in [0.2, 0.25) is 5.02 Å². The average Bonchev–Trinajstić information content (AvgIpc) is 3.42. The molecule has 1 aliphatic carbocycles. The van der Waals surface area contributed by atoms with Gasteiger partial charge in [-0.1, -0.05) is 72.3 Å². The first-order valence-electron chi connectivity index (χ1n) is 12.3. The maximum atomic E-state index is 13.0. The molecule has 3 aromatic carbocycles. The number of aliphatic hydroxyl groups is 1. The van der Waals surface area contributed by atoms with E-state index < -0.39 is 18.2 Å². The first kappa shape index (κ1) is 25.1. The van der Waals surface area contributed by atoms with Gasteiger partial charge in [-0.2, -0.15) is 0 Å². The van der Waals surface area contributed by atoms with E-state index >= 15 is 0 Å². The van der Waals surface area contributed by atoms with E-state index in [1.54, 1.807) is 42.5 Å². The minimum absolute atomic E-state index is 0.0330. The zero-order chi connectivity index (χ0) is 25.8. The summed E-state index contributed by atoms with van der Waals surface area (Å²) in [6.45, 7) is 0.0330. The standard InChI is InChI=1S/C30H27ClO6/c31-22-7-4-8-24(15-22)35-18-23(32)13-14-25-26-16-29(33)36-28(26)17-27(25)37-30(34)21-11-9-20(10-12-21)19-5-2-1-3-6-19/h1-15,23,25-28,32H,16-18H2/b14-13+/t23-,25-,26-,27-,28+/m1/s1. The normalized spacial score (nSPS) is 23.5. The lowest BCUT2D eigenvalue weighted by Gasteiger charge is -2.20. The van der Waals surface area contributed by atoms with Crippen molar-refractivity contribution < 1.29 is 28.9 Å². The van der Waals surface area contributed by atoms with Crippen molar-refractivity contribution in [2.24, 2.45) is 11.8 Å². The lowest BCUT2D eigenvalue weighted by molar-refractivity contribution is -0.141. The van der Waals surface area contributed by atoms with E-state index in [1.165, 1.54) is 0 Å². The highest BCUT2D eigenvalue weighted by Gasteiger charge is 2.50. The molecule has 2 aliphatic rings. The lowest BCUT2D eigenvalue weighted by atomic mass is 9.91. The van der Waals surface area contributed by atoms with E-state index in [0.717, 1.165) is 11.1 Å². The maximum Gasteiger partial charge on any atom is 0.338 e. The highest BCUT2D eigenvalue weighted by atomic mass is 35.5. The largest absolute Gasteiger partial charge is 0.491 e. The zero-order valence-electron chi connectivity index (χ0n) is 20.0. The number of carbonyl (C=O) groups is 2. The molecule has 6 nitrogen and oxygen atoms in total. The van der Waals surface area contributed by atoms with Crippen LogP contribution in [-0.4, -0.2) is 42.0 Å². The summed E-state index contributed by atoms with van der Waals surface area (Å²) in [6.07, 6.45) is 2.45. The molecule has 3 aromatic rings. The number of halogens is 1. The minimum atomic E-state index is -0.891. The number of hydrogen-bond donors (Lipinski definition) is 1. The van der Waals surface area contributed by atoms with Crippen LogP contribution < -0.4 is 4.74 Å². The molecule has 0 aromatic heterocycles. The average molecular weight is 519 g/mol. The van der Waals surface area contributed by atoms with Gasteiger partial charge >= 0.3 is 11.9 Å². The molecule has 1 saturated heterocycles. The molecule has 0 radical (unpaired) electrons. The van der Waals surface area contributed by atoms with Gasteiger partial charge in [0.05, 0.1) is 12.0 Å². The fraction of sp³-hybridized carbons (Fsp3) is 0.267. The van der Waals surface area contributed by atoms with E-state index in [-0.39, 0.29) is 36.9 Å². The van der Waals surface area contributed by atoms with Crippen LogP contribution >= 0.6 is 11.6 Å². The third-order valence-corrected chi connectivity index (χ3v) is 7.04. The van der Waals surface area contributed by atoms with Crippen molar-refractivity contribution in [1.82, 2.24) is 0 Å². The summed E-state index contributed by atoms with van der Waals surface area (Å²) in [4.78, 5) is 24.9. The summed E-state index contributed by atoms with van der Waals surface area (Å²) in [7, 11) is 0. The topological polar surface area (TPSA) is 82.1 Å². The predicted octanol–water partition coefficient (Wildman–Crippen LogP) is 5.48. The number of rotatable bonds is 8. The van der Waals surface area contributed by atoms with Crippen LogP contribution in [0.1, 0.15) is 23.2 Å². The Kier molecular flexibility index (Phi) is 7.58. The fourth-order valence-electron chi connectivity index (χ4n) is 4.98. The van der Waals surface area contributed by atoms with Crippen LogP contribution in [0.3, 0.4) is 0 Å². The van der Waals surface area contributed by atoms with Gasteiger partial charge in [0.2, 0.25) is 0 Å². The molecular weight excluding hydrogens is 492 g/mol. The van der Waals surface area contributed by atoms with Crippen molar-refractivity contribution in [3.63, 3.8) is 0 Å². The van der Waals surface area contributed by atoms with Gasteiger partial charge in [0.1, 0.15) is 30.7 Å². The number of aliphatic hydroxyl groups excluding tert-OH is 1. The van der Waals surface area contributed by atoms with Crippen LogP contribution in [0, 0.1) is 11.8 Å². The van der Waals surface area contributed by atoms with Crippen molar-refractivity contribution in [2.75, 3.05) is 6.61 Å². The minimum Gasteiger partial charge on any atom is -0.491 e. The second kappa shape index (κ2) is 11.2. The number of hydrogen-bond acceptors (Lipinski definition) is 6. The summed E-state index contributed by atoms with van der Waals surface area (Å²) in [5, 5.41) is 11.0. The van der Waals surface area contributed by atoms with Crippen LogP contribution in [0.15, 0.2) is 91.0 Å². The Bertz CT molecular complexity index is 1270. The number of carbonyl (C=O) groups excluding carboxylic acids is 2. The van der Waals surface area contributed by atoms with Crippen molar-refractivity contribution in [1.29, 1.82) is 0 Å². The van der Waals surface area contributed by atoms with Gasteiger partial charge in [0.25, 0.3) is 0 Å². The molecule has 1 N–H and O–H groups in total. The van der Waals surface area contributed by atoms with Gasteiger partial charge in [-0.05, 0) is 41.5 Å². The Labute approximate surface area is 220 Å². The van der Waals surface area contributed by atoms with Crippen LogP contribution in [0.25, 0.3) is 11.1 Å². The predicted molar refractivity (Wildman–Crippen MR) is 139 cm³/mol. The highest BCUT2D eigenvalue weighted by Crippen LogP contribution is 2.43. The Hall–Kier alpha value is -3.61. The summed E-state index contributed by atoms with van der Waals surface area (Å²) < 4.78 is 17.0. The van der Waals surface area contributed by atoms with E-state index in [9.17, 15) is 14.7 Å². The first-order valence-corrected chi connectivity index (χ1v) is 12.6. The Morgan fingerprint density at radius 2 is 1.81 bits per heavy atom. The molecule has 7 heteroatoms. The molecule has 1 aliphatic heterocycles. The SMILES string of the molecule is O=C1C[C@@H]2[C@@H](/C=C/[C@@H](O)COc3cccc(Cl)c3)[C@H](OC(=O)c3ccc(-c4ccccc4)cc3)C[C@@H]2O1. The smallest absolute Gasteiger partial charge is 0.338 e. The second-order valence-corrected chi connectivity index (χ2v) is 9.75. The van der Waals surface area contributed by atoms with Gasteiger partial charge < -0.3 is 19.3 Å². The van der Waals surface area contributed by atoms with E-state index in [0.29, 0.717) is 22.8 Å². The van der Waals surface area contributed by atoms with Gasteiger partial charge in [-0.25, -0.2) is 4.79 Å². The zero-order valence-corrected chi connectivity index (χ0v) is 20.8. The van der Waals surface area contributed by atoms with Crippen LogP contribution in [0.5, 0.6) is 5.75 Å². The highest BCUT2D eigenvalue weighted by molar-refractivity contribution is 6.30. The molecule has 0 spiro atoms. The molecule has 37 heavy (non-hydrogen) atoms.